The molecule has 0 aromatic heterocycles. The van der Waals surface area contributed by atoms with E-state index in [0.29, 0.717) is 22.7 Å². The fraction of sp³-hybridized carbons (Fsp3) is 0.158. The highest BCUT2D eigenvalue weighted by atomic mass is 32.1. The van der Waals surface area contributed by atoms with Crippen molar-refractivity contribution in [2.75, 3.05) is 19.1 Å². The Bertz CT molecular complexity index is 974. The van der Waals surface area contributed by atoms with Gasteiger partial charge in [-0.15, -0.1) is 13.2 Å². The Morgan fingerprint density at radius 2 is 1.69 bits per heavy atom. The zero-order valence-electron chi connectivity index (χ0n) is 15.2. The Morgan fingerprint density at radius 3 is 2.28 bits per heavy atom. The molecule has 0 spiro atoms. The number of alkyl halides is 3. The minimum atomic E-state index is -4.79. The van der Waals surface area contributed by atoms with Gasteiger partial charge in [-0.05, 0) is 60.3 Å². The second kappa shape index (κ2) is 8.00. The van der Waals surface area contributed by atoms with Gasteiger partial charge in [0.2, 0.25) is 0 Å². The molecular formula is C19H15F3N2O4S. The highest BCUT2D eigenvalue weighted by Gasteiger charge is 2.33. The maximum absolute atomic E-state index is 12.8. The lowest BCUT2D eigenvalue weighted by Gasteiger charge is -2.15. The Balaban J connectivity index is 1.83. The van der Waals surface area contributed by atoms with E-state index in [4.69, 9.17) is 21.7 Å². The summed E-state index contributed by atoms with van der Waals surface area (Å²) in [5.41, 5.74) is 1.17. The minimum Gasteiger partial charge on any atom is -0.493 e. The van der Waals surface area contributed by atoms with Crippen molar-refractivity contribution in [3.05, 3.63) is 53.7 Å². The second-order valence-corrected chi connectivity index (χ2v) is 6.17. The fourth-order valence-corrected chi connectivity index (χ4v) is 2.97. The number of rotatable bonds is 5. The van der Waals surface area contributed by atoms with Crippen LogP contribution in [-0.2, 0) is 4.79 Å². The third kappa shape index (κ3) is 4.60. The van der Waals surface area contributed by atoms with Crippen molar-refractivity contribution in [1.82, 2.24) is 5.32 Å². The first kappa shape index (κ1) is 20.5. The van der Waals surface area contributed by atoms with Crippen LogP contribution in [0, 0.1) is 0 Å². The summed E-state index contributed by atoms with van der Waals surface area (Å²) in [7, 11) is 3.01. The zero-order valence-corrected chi connectivity index (χ0v) is 16.1. The van der Waals surface area contributed by atoms with Crippen LogP contribution in [0.3, 0.4) is 0 Å². The summed E-state index contributed by atoms with van der Waals surface area (Å²) < 4.78 is 51.1. The topological polar surface area (TPSA) is 60.0 Å². The summed E-state index contributed by atoms with van der Waals surface area (Å²) in [5.74, 6) is 0.188. The minimum absolute atomic E-state index is 0.103. The first-order chi connectivity index (χ1) is 13.7. The molecule has 0 aliphatic carbocycles. The molecule has 1 aliphatic rings. The largest absolute Gasteiger partial charge is 0.573 e. The van der Waals surface area contributed by atoms with Gasteiger partial charge in [-0.1, -0.05) is 6.07 Å². The molecule has 0 saturated carbocycles. The SMILES string of the molecule is COc1ccc(/C=C2\NC(=S)N(c3ccc(OC(F)(F)F)cc3)C2=O)cc1OC. The van der Waals surface area contributed by atoms with E-state index in [1.54, 1.807) is 24.3 Å². The quantitative estimate of drug-likeness (QED) is 0.581. The van der Waals surface area contributed by atoms with Crippen molar-refractivity contribution in [2.45, 2.75) is 6.36 Å². The van der Waals surface area contributed by atoms with Crippen molar-refractivity contribution in [3.8, 4) is 17.2 Å². The molecule has 1 heterocycles. The van der Waals surface area contributed by atoms with Gasteiger partial charge in [-0.3, -0.25) is 9.69 Å². The van der Waals surface area contributed by atoms with Crippen LogP contribution in [0.2, 0.25) is 0 Å². The van der Waals surface area contributed by atoms with E-state index in [2.05, 4.69) is 10.1 Å². The molecule has 0 unspecified atom stereocenters. The molecule has 0 bridgehead atoms. The molecule has 10 heteroatoms. The average molecular weight is 424 g/mol. The molecule has 2 aromatic rings. The molecule has 152 valence electrons. The average Bonchev–Trinajstić information content (AvgIpc) is 2.94. The van der Waals surface area contributed by atoms with Gasteiger partial charge >= 0.3 is 6.36 Å². The standard InChI is InChI=1S/C19H15F3N2O4S/c1-26-15-8-3-11(10-16(15)27-2)9-14-17(25)24(18(29)23-14)12-4-6-13(7-5-12)28-19(20,21)22/h3-10H,1-2H3,(H,23,29)/b14-9-. The van der Waals surface area contributed by atoms with Gasteiger partial charge in [0.25, 0.3) is 5.91 Å². The van der Waals surface area contributed by atoms with Crippen LogP contribution in [0.4, 0.5) is 18.9 Å². The number of nitrogens with one attached hydrogen (secondary N) is 1. The van der Waals surface area contributed by atoms with E-state index in [1.165, 1.54) is 31.3 Å². The van der Waals surface area contributed by atoms with Crippen molar-refractivity contribution in [2.24, 2.45) is 0 Å². The summed E-state index contributed by atoms with van der Waals surface area (Å²) in [6.07, 6.45) is -3.21. The Kier molecular flexibility index (Phi) is 5.64. The van der Waals surface area contributed by atoms with Crippen LogP contribution in [0.5, 0.6) is 17.2 Å². The normalized spacial score (nSPS) is 15.5. The van der Waals surface area contributed by atoms with Gasteiger partial charge in [0.05, 0.1) is 19.9 Å². The molecule has 29 heavy (non-hydrogen) atoms. The van der Waals surface area contributed by atoms with Crippen molar-refractivity contribution >= 4 is 35.0 Å². The summed E-state index contributed by atoms with van der Waals surface area (Å²) in [4.78, 5) is 13.9. The molecule has 1 fully saturated rings. The highest BCUT2D eigenvalue weighted by Crippen LogP contribution is 2.30. The number of benzene rings is 2. The zero-order chi connectivity index (χ0) is 21.2. The number of anilines is 1. The molecule has 0 atom stereocenters. The molecule has 1 saturated heterocycles. The van der Waals surface area contributed by atoms with Gasteiger partial charge in [0.1, 0.15) is 11.4 Å². The molecule has 1 amide bonds. The smallest absolute Gasteiger partial charge is 0.493 e. The molecule has 0 radical (unpaired) electrons. The molecule has 2 aromatic carbocycles. The van der Waals surface area contributed by atoms with Crippen molar-refractivity contribution in [3.63, 3.8) is 0 Å². The number of carbonyl (C=O) groups is 1. The number of ether oxygens (including phenoxy) is 3. The second-order valence-electron chi connectivity index (χ2n) is 5.78. The Morgan fingerprint density at radius 1 is 1.03 bits per heavy atom. The fourth-order valence-electron chi connectivity index (χ4n) is 2.68. The summed E-state index contributed by atoms with van der Waals surface area (Å²) >= 11 is 5.20. The van der Waals surface area contributed by atoms with Crippen LogP contribution in [0.25, 0.3) is 6.08 Å². The van der Waals surface area contributed by atoms with E-state index >= 15 is 0 Å². The third-order valence-corrected chi connectivity index (χ3v) is 4.21. The summed E-state index contributed by atoms with van der Waals surface area (Å²) in [6.45, 7) is 0. The van der Waals surface area contributed by atoms with Gasteiger partial charge in [0.15, 0.2) is 16.6 Å². The number of nitrogens with zero attached hydrogens (tertiary/aromatic N) is 1. The summed E-state index contributed by atoms with van der Waals surface area (Å²) in [5, 5.41) is 2.91. The maximum Gasteiger partial charge on any atom is 0.573 e. The number of hydrogen-bond donors (Lipinski definition) is 1. The van der Waals surface area contributed by atoms with Crippen LogP contribution in [0.15, 0.2) is 48.2 Å². The predicted molar refractivity (Wildman–Crippen MR) is 104 cm³/mol. The van der Waals surface area contributed by atoms with Gasteiger partial charge in [-0.25, -0.2) is 0 Å². The predicted octanol–water partition coefficient (Wildman–Crippen LogP) is 3.86. The van der Waals surface area contributed by atoms with Crippen LogP contribution >= 0.6 is 12.2 Å². The number of carbonyl (C=O) groups excluding carboxylic acids is 1. The number of hydrogen-bond acceptors (Lipinski definition) is 5. The van der Waals surface area contributed by atoms with Gasteiger partial charge < -0.3 is 19.5 Å². The lowest BCUT2D eigenvalue weighted by atomic mass is 10.1. The van der Waals surface area contributed by atoms with Crippen molar-refractivity contribution < 1.29 is 32.2 Å². The van der Waals surface area contributed by atoms with E-state index < -0.39 is 18.0 Å². The number of thiocarbonyl (C=S) groups is 1. The van der Waals surface area contributed by atoms with E-state index in [-0.39, 0.29) is 10.8 Å². The first-order valence-electron chi connectivity index (χ1n) is 8.17. The lowest BCUT2D eigenvalue weighted by Crippen LogP contribution is -2.30. The molecule has 1 N–H and O–H groups in total. The maximum atomic E-state index is 12.8. The van der Waals surface area contributed by atoms with Crippen LogP contribution in [-0.4, -0.2) is 31.6 Å². The van der Waals surface area contributed by atoms with Crippen LogP contribution in [0.1, 0.15) is 5.56 Å². The van der Waals surface area contributed by atoms with E-state index in [0.717, 1.165) is 12.1 Å². The molecule has 6 nitrogen and oxygen atoms in total. The summed E-state index contributed by atoms with van der Waals surface area (Å²) in [6, 6.07) is 9.95. The van der Waals surface area contributed by atoms with Crippen molar-refractivity contribution in [1.29, 1.82) is 0 Å². The van der Waals surface area contributed by atoms with Crippen LogP contribution < -0.4 is 24.4 Å². The lowest BCUT2D eigenvalue weighted by molar-refractivity contribution is -0.274. The number of methoxy groups -OCH3 is 2. The molecular weight excluding hydrogens is 409 g/mol. The number of amides is 1. The first-order valence-corrected chi connectivity index (χ1v) is 8.57. The Hall–Kier alpha value is -3.27. The molecule has 1 aliphatic heterocycles. The third-order valence-electron chi connectivity index (χ3n) is 3.93. The molecule has 3 rings (SSSR count). The van der Waals surface area contributed by atoms with Gasteiger partial charge in [0, 0.05) is 0 Å². The number of halogens is 3. The van der Waals surface area contributed by atoms with E-state index in [9.17, 15) is 18.0 Å². The van der Waals surface area contributed by atoms with Gasteiger partial charge in [-0.2, -0.15) is 0 Å². The Labute approximate surface area is 169 Å². The highest BCUT2D eigenvalue weighted by molar-refractivity contribution is 7.80. The van der Waals surface area contributed by atoms with E-state index in [1.807, 2.05) is 0 Å². The monoisotopic (exact) mass is 424 g/mol.